The van der Waals surface area contributed by atoms with Crippen molar-refractivity contribution in [3.05, 3.63) is 65.2 Å². The van der Waals surface area contributed by atoms with Gasteiger partial charge in [-0.15, -0.1) is 11.6 Å². The smallest absolute Gasteiger partial charge is 0.228 e. The molecule has 5 heteroatoms. The van der Waals surface area contributed by atoms with Gasteiger partial charge in [-0.1, -0.05) is 24.3 Å². The molecule has 2 rings (SSSR count). The SMILES string of the molecule is O=C(Cc1cccc(F)c1F)Nc1cccc(CCl)c1. The molecule has 0 heterocycles. The summed E-state index contributed by atoms with van der Waals surface area (Å²) in [5, 5.41) is 2.63. The fourth-order valence-corrected chi connectivity index (χ4v) is 1.96. The second-order valence-electron chi connectivity index (χ2n) is 4.27. The van der Waals surface area contributed by atoms with Crippen LogP contribution in [-0.2, 0) is 17.1 Å². The number of halogens is 3. The first-order valence-corrected chi connectivity index (χ1v) is 6.51. The molecule has 1 amide bonds. The minimum atomic E-state index is -0.989. The van der Waals surface area contributed by atoms with Crippen LogP contribution < -0.4 is 5.32 Å². The van der Waals surface area contributed by atoms with Crippen molar-refractivity contribution in [2.24, 2.45) is 0 Å². The van der Waals surface area contributed by atoms with Crippen LogP contribution >= 0.6 is 11.6 Å². The normalized spacial score (nSPS) is 10.3. The Morgan fingerprint density at radius 1 is 1.15 bits per heavy atom. The minimum absolute atomic E-state index is 0.0241. The summed E-state index contributed by atoms with van der Waals surface area (Å²) in [6.45, 7) is 0. The van der Waals surface area contributed by atoms with E-state index in [-0.39, 0.29) is 12.0 Å². The van der Waals surface area contributed by atoms with E-state index in [1.165, 1.54) is 12.1 Å². The molecule has 2 aromatic carbocycles. The summed E-state index contributed by atoms with van der Waals surface area (Å²) in [6.07, 6.45) is -0.227. The molecule has 0 radical (unpaired) electrons. The van der Waals surface area contributed by atoms with E-state index in [1.54, 1.807) is 18.2 Å². The molecule has 1 N–H and O–H groups in total. The lowest BCUT2D eigenvalue weighted by molar-refractivity contribution is -0.115. The van der Waals surface area contributed by atoms with E-state index < -0.39 is 17.5 Å². The average Bonchev–Trinajstić information content (AvgIpc) is 2.44. The monoisotopic (exact) mass is 295 g/mol. The van der Waals surface area contributed by atoms with Gasteiger partial charge in [0, 0.05) is 17.1 Å². The number of hydrogen-bond acceptors (Lipinski definition) is 1. The van der Waals surface area contributed by atoms with Crippen molar-refractivity contribution in [3.63, 3.8) is 0 Å². The van der Waals surface area contributed by atoms with Crippen LogP contribution in [0.1, 0.15) is 11.1 Å². The molecule has 0 unspecified atom stereocenters. The van der Waals surface area contributed by atoms with Crippen molar-refractivity contribution in [3.8, 4) is 0 Å². The van der Waals surface area contributed by atoms with Gasteiger partial charge in [-0.25, -0.2) is 8.78 Å². The van der Waals surface area contributed by atoms with Gasteiger partial charge >= 0.3 is 0 Å². The Kier molecular flexibility index (Phi) is 4.69. The number of carbonyl (C=O) groups is 1. The highest BCUT2D eigenvalue weighted by Crippen LogP contribution is 2.15. The molecule has 0 bridgehead atoms. The maximum absolute atomic E-state index is 13.4. The summed E-state index contributed by atoms with van der Waals surface area (Å²) in [5.41, 5.74) is 1.46. The molecule has 0 saturated carbocycles. The summed E-state index contributed by atoms with van der Waals surface area (Å²) in [7, 11) is 0. The predicted molar refractivity (Wildman–Crippen MR) is 74.7 cm³/mol. The molecule has 0 aliphatic carbocycles. The number of amides is 1. The summed E-state index contributed by atoms with van der Waals surface area (Å²) >= 11 is 5.70. The van der Waals surface area contributed by atoms with E-state index in [4.69, 9.17) is 11.6 Å². The van der Waals surface area contributed by atoms with Gasteiger partial charge in [-0.3, -0.25) is 4.79 Å². The Morgan fingerprint density at radius 2 is 1.90 bits per heavy atom. The van der Waals surface area contributed by atoms with Crippen LogP contribution in [0.4, 0.5) is 14.5 Å². The summed E-state index contributed by atoms with van der Waals surface area (Å²) in [4.78, 5) is 11.8. The molecule has 0 atom stereocenters. The lowest BCUT2D eigenvalue weighted by Gasteiger charge is -2.07. The van der Waals surface area contributed by atoms with Crippen molar-refractivity contribution in [2.45, 2.75) is 12.3 Å². The first-order valence-electron chi connectivity index (χ1n) is 5.98. The first kappa shape index (κ1) is 14.5. The molecule has 104 valence electrons. The van der Waals surface area contributed by atoms with E-state index in [0.717, 1.165) is 11.6 Å². The highest BCUT2D eigenvalue weighted by Gasteiger charge is 2.11. The molecule has 0 aliphatic heterocycles. The van der Waals surface area contributed by atoms with Crippen molar-refractivity contribution in [2.75, 3.05) is 5.32 Å². The Hall–Kier alpha value is -1.94. The number of benzene rings is 2. The van der Waals surface area contributed by atoms with Crippen LogP contribution in [0.2, 0.25) is 0 Å². The molecule has 20 heavy (non-hydrogen) atoms. The molecule has 0 aromatic heterocycles. The van der Waals surface area contributed by atoms with Crippen LogP contribution in [0.5, 0.6) is 0 Å². The number of hydrogen-bond donors (Lipinski definition) is 1. The molecule has 0 saturated heterocycles. The topological polar surface area (TPSA) is 29.1 Å². The largest absolute Gasteiger partial charge is 0.326 e. The standard InChI is InChI=1S/C15H12ClF2NO/c16-9-10-3-1-5-12(7-10)19-14(20)8-11-4-2-6-13(17)15(11)18/h1-7H,8-9H2,(H,19,20). The number of carbonyl (C=O) groups excluding carboxylic acids is 1. The third kappa shape index (κ3) is 3.54. The van der Waals surface area contributed by atoms with Gasteiger partial charge in [-0.2, -0.15) is 0 Å². The number of alkyl halides is 1. The van der Waals surface area contributed by atoms with E-state index in [0.29, 0.717) is 11.6 Å². The van der Waals surface area contributed by atoms with E-state index in [1.807, 2.05) is 6.07 Å². The van der Waals surface area contributed by atoms with Gasteiger partial charge in [0.2, 0.25) is 5.91 Å². The molecule has 2 nitrogen and oxygen atoms in total. The fraction of sp³-hybridized carbons (Fsp3) is 0.133. The fourth-order valence-electron chi connectivity index (χ4n) is 1.80. The lowest BCUT2D eigenvalue weighted by atomic mass is 10.1. The van der Waals surface area contributed by atoms with Crippen molar-refractivity contribution in [1.82, 2.24) is 0 Å². The highest BCUT2D eigenvalue weighted by atomic mass is 35.5. The Bertz CT molecular complexity index is 631. The number of nitrogens with one attached hydrogen (secondary N) is 1. The first-order chi connectivity index (χ1) is 9.60. The molecule has 2 aromatic rings. The van der Waals surface area contributed by atoms with Crippen LogP contribution in [0.3, 0.4) is 0 Å². The molecule has 0 fully saturated rings. The van der Waals surface area contributed by atoms with Crippen LogP contribution in [0, 0.1) is 11.6 Å². The van der Waals surface area contributed by atoms with Crippen molar-refractivity contribution in [1.29, 1.82) is 0 Å². The van der Waals surface area contributed by atoms with Gasteiger partial charge in [0.05, 0.1) is 6.42 Å². The third-order valence-electron chi connectivity index (χ3n) is 2.75. The summed E-state index contributed by atoms with van der Waals surface area (Å²) in [6, 6.07) is 10.8. The van der Waals surface area contributed by atoms with E-state index >= 15 is 0 Å². The Morgan fingerprint density at radius 3 is 2.65 bits per heavy atom. The van der Waals surface area contributed by atoms with Gasteiger partial charge in [0.25, 0.3) is 0 Å². The zero-order valence-corrected chi connectivity index (χ0v) is 11.3. The molecular weight excluding hydrogens is 284 g/mol. The maximum atomic E-state index is 13.4. The maximum Gasteiger partial charge on any atom is 0.228 e. The van der Waals surface area contributed by atoms with Gasteiger partial charge in [0.1, 0.15) is 0 Å². The molecule has 0 spiro atoms. The average molecular weight is 296 g/mol. The van der Waals surface area contributed by atoms with Crippen LogP contribution in [-0.4, -0.2) is 5.91 Å². The van der Waals surface area contributed by atoms with Crippen LogP contribution in [0.15, 0.2) is 42.5 Å². The Balaban J connectivity index is 2.07. The van der Waals surface area contributed by atoms with Gasteiger partial charge in [0.15, 0.2) is 11.6 Å². The van der Waals surface area contributed by atoms with Crippen molar-refractivity contribution >= 4 is 23.2 Å². The van der Waals surface area contributed by atoms with Crippen molar-refractivity contribution < 1.29 is 13.6 Å². The van der Waals surface area contributed by atoms with E-state index in [9.17, 15) is 13.6 Å². The number of rotatable bonds is 4. The second-order valence-corrected chi connectivity index (χ2v) is 4.54. The van der Waals surface area contributed by atoms with E-state index in [2.05, 4.69) is 5.32 Å². The van der Waals surface area contributed by atoms with Gasteiger partial charge < -0.3 is 5.32 Å². The van der Waals surface area contributed by atoms with Gasteiger partial charge in [-0.05, 0) is 23.8 Å². The predicted octanol–water partition coefficient (Wildman–Crippen LogP) is 3.88. The summed E-state index contributed by atoms with van der Waals surface area (Å²) in [5.74, 6) is -2.03. The quantitative estimate of drug-likeness (QED) is 0.852. The molecule has 0 aliphatic rings. The summed E-state index contributed by atoms with van der Waals surface area (Å²) < 4.78 is 26.5. The number of anilines is 1. The Labute approximate surface area is 120 Å². The lowest BCUT2D eigenvalue weighted by Crippen LogP contribution is -2.15. The second kappa shape index (κ2) is 6.48. The zero-order chi connectivity index (χ0) is 14.5. The highest BCUT2D eigenvalue weighted by molar-refractivity contribution is 6.17. The minimum Gasteiger partial charge on any atom is -0.326 e. The van der Waals surface area contributed by atoms with Crippen LogP contribution in [0.25, 0.3) is 0 Å². The zero-order valence-electron chi connectivity index (χ0n) is 10.5. The molecular formula is C15H12ClF2NO. The third-order valence-corrected chi connectivity index (χ3v) is 3.06.